The summed E-state index contributed by atoms with van der Waals surface area (Å²) in [5.74, 6) is -7.70. The minimum Gasteiger partial charge on any atom is -0.481 e. The predicted octanol–water partition coefficient (Wildman–Crippen LogP) is -3.86. The van der Waals surface area contributed by atoms with Crippen LogP contribution in [0.2, 0.25) is 0 Å². The first-order valence-corrected chi connectivity index (χ1v) is 20.2. The van der Waals surface area contributed by atoms with Crippen molar-refractivity contribution in [3.8, 4) is 0 Å². The number of nitrogens with zero attached hydrogens (tertiary/aromatic N) is 3. The van der Waals surface area contributed by atoms with Gasteiger partial charge in [0.15, 0.2) is 0 Å². The van der Waals surface area contributed by atoms with Gasteiger partial charge in [0.05, 0.1) is 18.7 Å². The van der Waals surface area contributed by atoms with Crippen molar-refractivity contribution in [1.29, 1.82) is 0 Å². The van der Waals surface area contributed by atoms with Gasteiger partial charge in [0.1, 0.15) is 42.3 Å². The van der Waals surface area contributed by atoms with Crippen molar-refractivity contribution >= 4 is 59.2 Å². The van der Waals surface area contributed by atoms with Crippen LogP contribution in [0.1, 0.15) is 85.0 Å². The smallest absolute Gasteiger partial charge is 0.326 e. The first kappa shape index (κ1) is 46.3. The highest BCUT2D eigenvalue weighted by Crippen LogP contribution is 2.26. The van der Waals surface area contributed by atoms with Gasteiger partial charge in [-0.1, -0.05) is 0 Å². The third-order valence-corrected chi connectivity index (χ3v) is 11.1. The largest absolute Gasteiger partial charge is 0.481 e. The van der Waals surface area contributed by atoms with Gasteiger partial charge in [0.25, 0.3) is 0 Å². The maximum Gasteiger partial charge on any atom is 0.326 e. The van der Waals surface area contributed by atoms with E-state index in [0.717, 1.165) is 6.42 Å². The monoisotopic (exact) mass is 835 g/mol. The van der Waals surface area contributed by atoms with Crippen molar-refractivity contribution in [3.63, 3.8) is 0 Å². The molecule has 0 unspecified atom stereocenters. The van der Waals surface area contributed by atoms with Crippen LogP contribution < -0.4 is 31.9 Å². The van der Waals surface area contributed by atoms with Gasteiger partial charge >= 0.3 is 11.9 Å². The van der Waals surface area contributed by atoms with Crippen LogP contribution in [0.3, 0.4) is 0 Å². The molecule has 9 atom stereocenters. The molecule has 22 nitrogen and oxygen atoms in total. The second-order valence-electron chi connectivity index (χ2n) is 15.5. The van der Waals surface area contributed by atoms with Crippen LogP contribution in [-0.4, -0.2) is 176 Å². The fraction of sp³-hybridized carbons (Fsp3) is 0.730. The standard InChI is InChI=1S/C37H57N9O13/c1-19(30(51)42-23(37(58)59)12-13-28(49)50)40-32(53)25-10-6-16-45(25)36(57)26-11-7-17-46(26)35(56)20(2)41-34(55)29(21(3)47)43-33(54)24-9-5-15-44(24)27(48)18-39-31(52)22-8-4-14-38-22/h19-26,29,38,47H,4-18H2,1-3H3,(H,39,52)(H,40,53)(H,41,55)(H,42,51)(H,43,54)(H,49,50)(H,58,59)/t19-,20-,21+,22-,23-,24-,25-,26-,29-/m0/s1. The number of nitrogens with one attached hydrogen (secondary N) is 6. The van der Waals surface area contributed by atoms with E-state index in [1.807, 2.05) is 0 Å². The Balaban J connectivity index is 1.31. The lowest BCUT2D eigenvalue weighted by molar-refractivity contribution is -0.148. The Labute approximate surface area is 340 Å². The molecule has 4 heterocycles. The van der Waals surface area contributed by atoms with Crippen LogP contribution in [0.4, 0.5) is 0 Å². The Morgan fingerprint density at radius 2 is 1.25 bits per heavy atom. The molecule has 4 aliphatic heterocycles. The summed E-state index contributed by atoms with van der Waals surface area (Å²) in [5, 5.41) is 44.1. The normalized spacial score (nSPS) is 24.0. The summed E-state index contributed by atoms with van der Waals surface area (Å²) in [6.45, 7) is 5.00. The van der Waals surface area contributed by atoms with Gasteiger partial charge in [-0.25, -0.2) is 4.79 Å². The lowest BCUT2D eigenvalue weighted by atomic mass is 10.1. The van der Waals surface area contributed by atoms with E-state index in [0.29, 0.717) is 38.6 Å². The molecular formula is C37H57N9O13. The third kappa shape index (κ3) is 12.1. The summed E-state index contributed by atoms with van der Waals surface area (Å²) < 4.78 is 0. The number of carboxylic acid groups (broad SMARTS) is 2. The summed E-state index contributed by atoms with van der Waals surface area (Å²) in [4.78, 5) is 132. The SMILES string of the molecule is C[C@H](NC(=O)[C@@H]1CCCN1C(=O)[C@@H]1CCCN1C(=O)[C@H](C)NC(=O)[C@@H](NC(=O)[C@@H]1CCCN1C(=O)CNC(=O)[C@@H]1CCCN1)[C@@H](C)O)C(=O)N[C@@H](CCC(=O)O)C(=O)O. The van der Waals surface area contributed by atoms with Crippen LogP contribution in [0, 0.1) is 0 Å². The second-order valence-corrected chi connectivity index (χ2v) is 15.5. The first-order valence-electron chi connectivity index (χ1n) is 20.2. The molecule has 0 saturated carbocycles. The Bertz CT molecular complexity index is 1640. The van der Waals surface area contributed by atoms with Crippen molar-refractivity contribution in [1.82, 2.24) is 46.6 Å². The Morgan fingerprint density at radius 1 is 0.661 bits per heavy atom. The zero-order valence-corrected chi connectivity index (χ0v) is 33.6. The lowest BCUT2D eigenvalue weighted by Crippen LogP contribution is -2.60. The number of aliphatic hydroxyl groups is 1. The predicted molar refractivity (Wildman–Crippen MR) is 203 cm³/mol. The number of likely N-dealkylation sites (tertiary alicyclic amines) is 3. The summed E-state index contributed by atoms with van der Waals surface area (Å²) in [5.41, 5.74) is 0. The molecule has 22 heteroatoms. The molecule has 8 amide bonds. The Morgan fingerprint density at radius 3 is 1.85 bits per heavy atom. The third-order valence-electron chi connectivity index (χ3n) is 11.1. The number of carboxylic acids is 2. The molecule has 4 fully saturated rings. The molecule has 328 valence electrons. The van der Waals surface area contributed by atoms with Crippen molar-refractivity contribution < 1.29 is 63.3 Å². The van der Waals surface area contributed by atoms with Gasteiger partial charge < -0.3 is 61.9 Å². The number of hydrogen-bond acceptors (Lipinski definition) is 12. The number of carbonyl (C=O) groups is 10. The number of amides is 8. The molecule has 0 aromatic heterocycles. The summed E-state index contributed by atoms with van der Waals surface area (Å²) >= 11 is 0. The molecule has 59 heavy (non-hydrogen) atoms. The average Bonchev–Trinajstić information content (AvgIpc) is 4.03. The van der Waals surface area contributed by atoms with Crippen molar-refractivity contribution in [2.24, 2.45) is 0 Å². The van der Waals surface area contributed by atoms with E-state index < -0.39 is 108 Å². The van der Waals surface area contributed by atoms with Crippen molar-refractivity contribution in [2.45, 2.75) is 139 Å². The van der Waals surface area contributed by atoms with Gasteiger partial charge in [0, 0.05) is 26.1 Å². The minimum absolute atomic E-state index is 0.170. The molecule has 0 bridgehead atoms. The van der Waals surface area contributed by atoms with E-state index >= 15 is 0 Å². The molecule has 4 rings (SSSR count). The molecule has 4 saturated heterocycles. The molecule has 0 radical (unpaired) electrons. The van der Waals surface area contributed by atoms with E-state index in [4.69, 9.17) is 5.11 Å². The summed E-state index contributed by atoms with van der Waals surface area (Å²) in [7, 11) is 0. The molecule has 9 N–H and O–H groups in total. The zero-order valence-electron chi connectivity index (χ0n) is 33.6. The quantitative estimate of drug-likeness (QED) is 0.0639. The van der Waals surface area contributed by atoms with Crippen LogP contribution in [-0.2, 0) is 47.9 Å². The number of aliphatic hydroxyl groups excluding tert-OH is 1. The summed E-state index contributed by atoms with van der Waals surface area (Å²) in [6.07, 6.45) is 1.43. The maximum absolute atomic E-state index is 13.9. The Kier molecular flexibility index (Phi) is 16.5. The van der Waals surface area contributed by atoms with Crippen molar-refractivity contribution in [3.05, 3.63) is 0 Å². The minimum atomic E-state index is -1.51. The van der Waals surface area contributed by atoms with E-state index in [1.54, 1.807) is 0 Å². The molecule has 0 aliphatic carbocycles. The topological polar surface area (TPSA) is 313 Å². The number of aliphatic carboxylic acids is 2. The van der Waals surface area contributed by atoms with E-state index in [1.165, 1.54) is 35.5 Å². The van der Waals surface area contributed by atoms with Gasteiger partial charge in [0.2, 0.25) is 47.3 Å². The van der Waals surface area contributed by atoms with Crippen LogP contribution in [0.25, 0.3) is 0 Å². The fourth-order valence-electron chi connectivity index (χ4n) is 7.88. The lowest BCUT2D eigenvalue weighted by Gasteiger charge is -2.33. The fourth-order valence-corrected chi connectivity index (χ4v) is 7.88. The number of rotatable bonds is 18. The van der Waals surface area contributed by atoms with E-state index in [2.05, 4.69) is 31.9 Å². The van der Waals surface area contributed by atoms with E-state index in [9.17, 15) is 58.2 Å². The Hall–Kier alpha value is -5.38. The highest BCUT2D eigenvalue weighted by atomic mass is 16.4. The van der Waals surface area contributed by atoms with E-state index in [-0.39, 0.29) is 57.4 Å². The van der Waals surface area contributed by atoms with Gasteiger partial charge in [-0.15, -0.1) is 0 Å². The highest BCUT2D eigenvalue weighted by Gasteiger charge is 2.44. The van der Waals surface area contributed by atoms with Gasteiger partial charge in [-0.05, 0) is 85.1 Å². The zero-order chi connectivity index (χ0) is 43.6. The number of hydrogen-bond donors (Lipinski definition) is 9. The highest BCUT2D eigenvalue weighted by molar-refractivity contribution is 5.98. The maximum atomic E-state index is 13.9. The molecule has 0 aromatic carbocycles. The van der Waals surface area contributed by atoms with Crippen LogP contribution in [0.5, 0.6) is 0 Å². The van der Waals surface area contributed by atoms with Crippen LogP contribution >= 0.6 is 0 Å². The van der Waals surface area contributed by atoms with Crippen LogP contribution in [0.15, 0.2) is 0 Å². The average molecular weight is 836 g/mol. The molecule has 4 aliphatic rings. The van der Waals surface area contributed by atoms with Gasteiger partial charge in [-0.2, -0.15) is 0 Å². The summed E-state index contributed by atoms with van der Waals surface area (Å²) in [6, 6.07) is -8.74. The number of carbonyl (C=O) groups excluding carboxylic acids is 8. The first-order chi connectivity index (χ1) is 27.9. The molecule has 0 spiro atoms. The van der Waals surface area contributed by atoms with Gasteiger partial charge in [-0.3, -0.25) is 43.2 Å². The second kappa shape index (κ2) is 21.0. The molecular weight excluding hydrogens is 778 g/mol. The molecule has 0 aromatic rings. The van der Waals surface area contributed by atoms with Crippen molar-refractivity contribution in [2.75, 3.05) is 32.7 Å².